The maximum Gasteiger partial charge on any atom is 0.271 e. The minimum Gasteiger partial charge on any atom is -0.267 e. The van der Waals surface area contributed by atoms with Crippen molar-refractivity contribution in [2.24, 2.45) is 5.10 Å². The number of hydrazone groups is 1. The standard InChI is InChI=1S/C17H18N4O3S/c22-17(20-19-13-15-5-1-2-10-18-15)14-6-8-16(9-7-14)25(23,24)21-11-3-4-12-21/h1-2,5-10,13H,3-4,11-12H2,(H,20,22)/b19-13-. The highest BCUT2D eigenvalue weighted by atomic mass is 32.2. The van der Waals surface area contributed by atoms with Gasteiger partial charge in [-0.15, -0.1) is 0 Å². The highest BCUT2D eigenvalue weighted by Crippen LogP contribution is 2.21. The Balaban J connectivity index is 1.65. The van der Waals surface area contributed by atoms with Crippen molar-refractivity contribution in [1.82, 2.24) is 14.7 Å². The van der Waals surface area contributed by atoms with Crippen LogP contribution in [-0.4, -0.2) is 42.9 Å². The number of rotatable bonds is 5. The molecule has 0 atom stereocenters. The average Bonchev–Trinajstić information content (AvgIpc) is 3.18. The van der Waals surface area contributed by atoms with Crippen molar-refractivity contribution < 1.29 is 13.2 Å². The van der Waals surface area contributed by atoms with Crippen LogP contribution in [0, 0.1) is 0 Å². The minimum atomic E-state index is -3.47. The van der Waals surface area contributed by atoms with Gasteiger partial charge >= 0.3 is 0 Å². The normalized spacial score (nSPS) is 15.5. The summed E-state index contributed by atoms with van der Waals surface area (Å²) in [5.41, 5.74) is 3.34. The van der Waals surface area contributed by atoms with E-state index in [9.17, 15) is 13.2 Å². The lowest BCUT2D eigenvalue weighted by Gasteiger charge is -2.15. The zero-order valence-corrected chi connectivity index (χ0v) is 14.3. The summed E-state index contributed by atoms with van der Waals surface area (Å²) in [6.45, 7) is 1.10. The number of nitrogens with zero attached hydrogens (tertiary/aromatic N) is 3. The maximum absolute atomic E-state index is 12.4. The molecule has 1 saturated heterocycles. The van der Waals surface area contributed by atoms with E-state index < -0.39 is 15.9 Å². The first-order valence-electron chi connectivity index (χ1n) is 7.92. The van der Waals surface area contributed by atoms with Gasteiger partial charge in [0.2, 0.25) is 10.0 Å². The van der Waals surface area contributed by atoms with E-state index in [1.807, 2.05) is 6.07 Å². The molecular formula is C17H18N4O3S. The third-order valence-electron chi connectivity index (χ3n) is 3.87. The summed E-state index contributed by atoms with van der Waals surface area (Å²) in [6, 6.07) is 11.2. The molecule has 2 aromatic rings. The van der Waals surface area contributed by atoms with Crippen LogP contribution in [0.3, 0.4) is 0 Å². The Morgan fingerprint density at radius 2 is 1.84 bits per heavy atom. The molecule has 1 aromatic heterocycles. The van der Waals surface area contributed by atoms with Crippen molar-refractivity contribution in [3.05, 3.63) is 59.9 Å². The Morgan fingerprint density at radius 3 is 2.48 bits per heavy atom. The van der Waals surface area contributed by atoms with Crippen LogP contribution in [0.25, 0.3) is 0 Å². The van der Waals surface area contributed by atoms with E-state index in [2.05, 4.69) is 15.5 Å². The minimum absolute atomic E-state index is 0.197. The van der Waals surface area contributed by atoms with Crippen LogP contribution in [0.4, 0.5) is 0 Å². The summed E-state index contributed by atoms with van der Waals surface area (Å²) in [4.78, 5) is 16.3. The second kappa shape index (κ2) is 7.54. The van der Waals surface area contributed by atoms with Crippen LogP contribution in [0.15, 0.2) is 58.7 Å². The smallest absolute Gasteiger partial charge is 0.267 e. The third-order valence-corrected chi connectivity index (χ3v) is 5.78. The summed E-state index contributed by atoms with van der Waals surface area (Å²) in [7, 11) is -3.47. The molecule has 0 spiro atoms. The molecule has 0 radical (unpaired) electrons. The van der Waals surface area contributed by atoms with E-state index in [1.54, 1.807) is 18.3 Å². The van der Waals surface area contributed by atoms with Gasteiger partial charge in [0.05, 0.1) is 16.8 Å². The molecule has 1 fully saturated rings. The molecule has 7 nitrogen and oxygen atoms in total. The van der Waals surface area contributed by atoms with Gasteiger partial charge in [-0.25, -0.2) is 13.8 Å². The maximum atomic E-state index is 12.4. The highest BCUT2D eigenvalue weighted by molar-refractivity contribution is 7.89. The van der Waals surface area contributed by atoms with Crippen LogP contribution in [0.5, 0.6) is 0 Å². The monoisotopic (exact) mass is 358 g/mol. The zero-order chi connectivity index (χ0) is 17.7. The first kappa shape index (κ1) is 17.2. The van der Waals surface area contributed by atoms with Gasteiger partial charge in [0.1, 0.15) is 0 Å². The largest absolute Gasteiger partial charge is 0.271 e. The van der Waals surface area contributed by atoms with Crippen LogP contribution >= 0.6 is 0 Å². The first-order valence-corrected chi connectivity index (χ1v) is 9.36. The van der Waals surface area contributed by atoms with Gasteiger partial charge in [-0.2, -0.15) is 9.41 Å². The second-order valence-electron chi connectivity index (χ2n) is 5.59. The predicted molar refractivity (Wildman–Crippen MR) is 93.7 cm³/mol. The number of amides is 1. The van der Waals surface area contributed by atoms with E-state index >= 15 is 0 Å². The van der Waals surface area contributed by atoms with Crippen molar-refractivity contribution >= 4 is 22.1 Å². The quantitative estimate of drug-likeness (QED) is 0.649. The SMILES string of the molecule is O=C(N/N=C\c1ccccn1)c1ccc(S(=O)(=O)N2CCCC2)cc1. The van der Waals surface area contributed by atoms with Gasteiger partial charge in [-0.3, -0.25) is 9.78 Å². The number of hydrogen-bond acceptors (Lipinski definition) is 5. The molecule has 130 valence electrons. The first-order chi connectivity index (χ1) is 12.1. The van der Waals surface area contributed by atoms with E-state index in [4.69, 9.17) is 0 Å². The van der Waals surface area contributed by atoms with Crippen molar-refractivity contribution in [3.8, 4) is 0 Å². The highest BCUT2D eigenvalue weighted by Gasteiger charge is 2.27. The van der Waals surface area contributed by atoms with E-state index in [0.717, 1.165) is 12.8 Å². The summed E-state index contributed by atoms with van der Waals surface area (Å²) in [5.74, 6) is -0.419. The summed E-state index contributed by atoms with van der Waals surface area (Å²) in [5, 5.41) is 3.84. The molecular weight excluding hydrogens is 340 g/mol. The van der Waals surface area contributed by atoms with Crippen LogP contribution < -0.4 is 5.43 Å². The van der Waals surface area contributed by atoms with E-state index in [1.165, 1.54) is 34.8 Å². The van der Waals surface area contributed by atoms with Gasteiger partial charge in [-0.1, -0.05) is 6.07 Å². The molecule has 1 aliphatic heterocycles. The Hall–Kier alpha value is -2.58. The molecule has 0 bridgehead atoms. The second-order valence-corrected chi connectivity index (χ2v) is 7.53. The number of benzene rings is 1. The Kier molecular flexibility index (Phi) is 5.20. The molecule has 2 heterocycles. The number of aromatic nitrogens is 1. The van der Waals surface area contributed by atoms with Crippen LogP contribution in [0.2, 0.25) is 0 Å². The fourth-order valence-electron chi connectivity index (χ4n) is 2.53. The predicted octanol–water partition coefficient (Wildman–Crippen LogP) is 1.63. The van der Waals surface area contributed by atoms with Crippen molar-refractivity contribution in [1.29, 1.82) is 0 Å². The zero-order valence-electron chi connectivity index (χ0n) is 13.5. The Bertz CT molecular complexity index is 859. The molecule has 8 heteroatoms. The molecule has 0 unspecified atom stereocenters. The van der Waals surface area contributed by atoms with Gasteiger partial charge in [0, 0.05) is 24.8 Å². The summed E-state index contributed by atoms with van der Waals surface area (Å²) in [6.07, 6.45) is 4.83. The molecule has 0 saturated carbocycles. The lowest BCUT2D eigenvalue weighted by molar-refractivity contribution is 0.0955. The molecule has 1 aromatic carbocycles. The average molecular weight is 358 g/mol. The van der Waals surface area contributed by atoms with E-state index in [-0.39, 0.29) is 4.90 Å². The van der Waals surface area contributed by atoms with Crippen molar-refractivity contribution in [2.45, 2.75) is 17.7 Å². The van der Waals surface area contributed by atoms with Gasteiger partial charge in [0.15, 0.2) is 0 Å². The fourth-order valence-corrected chi connectivity index (χ4v) is 4.05. The topological polar surface area (TPSA) is 91.7 Å². The molecule has 1 N–H and O–H groups in total. The van der Waals surface area contributed by atoms with Crippen LogP contribution in [0.1, 0.15) is 28.9 Å². The number of carbonyl (C=O) groups excluding carboxylic acids is 1. The van der Waals surface area contributed by atoms with Gasteiger partial charge < -0.3 is 0 Å². The Labute approximate surface area is 146 Å². The van der Waals surface area contributed by atoms with Gasteiger partial charge in [0.25, 0.3) is 5.91 Å². The van der Waals surface area contributed by atoms with Crippen LogP contribution in [-0.2, 0) is 10.0 Å². The molecule has 3 rings (SSSR count). The number of nitrogens with one attached hydrogen (secondary N) is 1. The lowest BCUT2D eigenvalue weighted by atomic mass is 10.2. The van der Waals surface area contributed by atoms with Crippen molar-refractivity contribution in [2.75, 3.05) is 13.1 Å². The molecule has 1 aliphatic rings. The molecule has 25 heavy (non-hydrogen) atoms. The van der Waals surface area contributed by atoms with Crippen molar-refractivity contribution in [3.63, 3.8) is 0 Å². The molecule has 0 aliphatic carbocycles. The number of sulfonamides is 1. The lowest BCUT2D eigenvalue weighted by Crippen LogP contribution is -2.28. The number of carbonyl (C=O) groups is 1. The van der Waals surface area contributed by atoms with E-state index in [0.29, 0.717) is 24.3 Å². The van der Waals surface area contributed by atoms with Gasteiger partial charge in [-0.05, 0) is 49.2 Å². The number of hydrogen-bond donors (Lipinski definition) is 1. The fraction of sp³-hybridized carbons (Fsp3) is 0.235. The number of pyridine rings is 1. The Morgan fingerprint density at radius 1 is 1.12 bits per heavy atom. The summed E-state index contributed by atoms with van der Waals surface area (Å²) < 4.78 is 26.4. The summed E-state index contributed by atoms with van der Waals surface area (Å²) >= 11 is 0. The molecule has 1 amide bonds. The third kappa shape index (κ3) is 4.09.